The van der Waals surface area contributed by atoms with Crippen molar-refractivity contribution in [2.45, 2.75) is 17.0 Å². The number of halogens is 1. The molecule has 0 unspecified atom stereocenters. The molecule has 1 aromatic carbocycles. The van der Waals surface area contributed by atoms with Crippen LogP contribution in [0.25, 0.3) is 0 Å². The van der Waals surface area contributed by atoms with Crippen LogP contribution in [-0.4, -0.2) is 44.5 Å². The molecule has 0 radical (unpaired) electrons. The van der Waals surface area contributed by atoms with Crippen LogP contribution in [-0.2, 0) is 4.74 Å². The van der Waals surface area contributed by atoms with Gasteiger partial charge in [-0.25, -0.2) is 4.39 Å². The van der Waals surface area contributed by atoms with Crippen LogP contribution in [0.2, 0.25) is 0 Å². The average Bonchev–Trinajstić information content (AvgIpc) is 2.86. The van der Waals surface area contributed by atoms with Crippen LogP contribution in [0, 0.1) is 5.82 Å². The van der Waals surface area contributed by atoms with Gasteiger partial charge in [-0.2, -0.15) is 0 Å². The molecular formula is C13H17FN2O2S. The molecule has 1 saturated heterocycles. The minimum atomic E-state index is -0.304. The van der Waals surface area contributed by atoms with Crippen molar-refractivity contribution in [2.75, 3.05) is 26.5 Å². The van der Waals surface area contributed by atoms with Gasteiger partial charge in [0, 0.05) is 30.7 Å². The molecule has 1 heterocycles. The second-order valence-corrected chi connectivity index (χ2v) is 5.21. The summed E-state index contributed by atoms with van der Waals surface area (Å²) in [5, 5.41) is 6.07. The van der Waals surface area contributed by atoms with Gasteiger partial charge in [-0.15, -0.1) is 11.8 Å². The first-order valence-electron chi connectivity index (χ1n) is 6.03. The molecule has 0 saturated carbocycles. The largest absolute Gasteiger partial charge is 0.378 e. The minimum Gasteiger partial charge on any atom is -0.378 e. The quantitative estimate of drug-likeness (QED) is 0.818. The number of thioether (sulfide) groups is 1. The van der Waals surface area contributed by atoms with Crippen LogP contribution >= 0.6 is 11.8 Å². The number of methoxy groups -OCH3 is 1. The maximum absolute atomic E-state index is 13.4. The van der Waals surface area contributed by atoms with Crippen molar-refractivity contribution in [1.29, 1.82) is 0 Å². The van der Waals surface area contributed by atoms with E-state index in [4.69, 9.17) is 4.74 Å². The maximum atomic E-state index is 13.4. The van der Waals surface area contributed by atoms with Gasteiger partial charge in [-0.1, -0.05) is 0 Å². The van der Waals surface area contributed by atoms with Gasteiger partial charge in [0.15, 0.2) is 0 Å². The Balaban J connectivity index is 2.07. The van der Waals surface area contributed by atoms with Crippen LogP contribution < -0.4 is 10.6 Å². The summed E-state index contributed by atoms with van der Waals surface area (Å²) in [7, 11) is 1.63. The van der Waals surface area contributed by atoms with E-state index in [-0.39, 0.29) is 23.9 Å². The lowest BCUT2D eigenvalue weighted by Gasteiger charge is -2.18. The summed E-state index contributed by atoms with van der Waals surface area (Å²) in [5.41, 5.74) is 0.465. The second-order valence-electron chi connectivity index (χ2n) is 4.36. The summed E-state index contributed by atoms with van der Waals surface area (Å²) in [6.07, 6.45) is 1.76. The van der Waals surface area contributed by atoms with Crippen molar-refractivity contribution < 1.29 is 13.9 Å². The summed E-state index contributed by atoms with van der Waals surface area (Å²) in [6, 6.07) is 4.33. The normalized spacial score (nSPS) is 22.5. The van der Waals surface area contributed by atoms with E-state index in [1.807, 2.05) is 0 Å². The second kappa shape index (κ2) is 6.36. The zero-order valence-electron chi connectivity index (χ0n) is 10.9. The van der Waals surface area contributed by atoms with Crippen LogP contribution in [0.3, 0.4) is 0 Å². The van der Waals surface area contributed by atoms with E-state index >= 15 is 0 Å². The first-order chi connectivity index (χ1) is 9.15. The Labute approximate surface area is 116 Å². The molecule has 0 bridgehead atoms. The van der Waals surface area contributed by atoms with E-state index in [0.717, 1.165) is 6.54 Å². The number of benzene rings is 1. The molecule has 19 heavy (non-hydrogen) atoms. The van der Waals surface area contributed by atoms with Gasteiger partial charge in [0.1, 0.15) is 5.82 Å². The molecule has 1 fully saturated rings. The zero-order chi connectivity index (χ0) is 13.8. The molecule has 1 aliphatic rings. The van der Waals surface area contributed by atoms with E-state index in [0.29, 0.717) is 17.0 Å². The van der Waals surface area contributed by atoms with Gasteiger partial charge in [0.2, 0.25) is 0 Å². The number of amides is 1. The highest BCUT2D eigenvalue weighted by molar-refractivity contribution is 7.98. The van der Waals surface area contributed by atoms with Crippen molar-refractivity contribution in [3.63, 3.8) is 0 Å². The Morgan fingerprint density at radius 3 is 3.00 bits per heavy atom. The highest BCUT2D eigenvalue weighted by atomic mass is 32.2. The summed E-state index contributed by atoms with van der Waals surface area (Å²) in [5.74, 6) is -0.507. The number of carbonyl (C=O) groups is 1. The number of rotatable bonds is 4. The molecule has 1 aliphatic heterocycles. The standard InChI is InChI=1S/C13H17FN2O2S/c1-18-11-7-15-6-10(11)16-13(17)8-3-4-9(14)12(5-8)19-2/h3-5,10-11,15H,6-7H2,1-2H3,(H,16,17)/t10-,11-/m0/s1. The Morgan fingerprint density at radius 2 is 2.32 bits per heavy atom. The molecule has 4 nitrogen and oxygen atoms in total. The lowest BCUT2D eigenvalue weighted by atomic mass is 10.1. The van der Waals surface area contributed by atoms with Gasteiger partial charge >= 0.3 is 0 Å². The molecule has 0 aromatic heterocycles. The fraction of sp³-hybridized carbons (Fsp3) is 0.462. The third-order valence-electron chi connectivity index (χ3n) is 3.19. The molecular weight excluding hydrogens is 267 g/mol. The highest BCUT2D eigenvalue weighted by Crippen LogP contribution is 2.20. The van der Waals surface area contributed by atoms with E-state index in [2.05, 4.69) is 10.6 Å². The Morgan fingerprint density at radius 1 is 1.53 bits per heavy atom. The average molecular weight is 284 g/mol. The van der Waals surface area contributed by atoms with Crippen molar-refractivity contribution in [2.24, 2.45) is 0 Å². The van der Waals surface area contributed by atoms with E-state index in [1.54, 1.807) is 19.4 Å². The van der Waals surface area contributed by atoms with Crippen molar-refractivity contribution in [3.05, 3.63) is 29.6 Å². The summed E-state index contributed by atoms with van der Waals surface area (Å²) >= 11 is 1.28. The van der Waals surface area contributed by atoms with E-state index in [9.17, 15) is 9.18 Å². The Hall–Kier alpha value is -1.11. The molecule has 0 spiro atoms. The molecule has 1 aromatic rings. The number of ether oxygens (including phenoxy) is 1. The van der Waals surface area contributed by atoms with Crippen LogP contribution in [0.1, 0.15) is 10.4 Å². The number of nitrogens with one attached hydrogen (secondary N) is 2. The smallest absolute Gasteiger partial charge is 0.251 e. The fourth-order valence-corrected chi connectivity index (χ4v) is 2.61. The summed E-state index contributed by atoms with van der Waals surface area (Å²) in [6.45, 7) is 1.40. The maximum Gasteiger partial charge on any atom is 0.251 e. The molecule has 2 atom stereocenters. The number of hydrogen-bond donors (Lipinski definition) is 2. The van der Waals surface area contributed by atoms with Crippen molar-refractivity contribution in [3.8, 4) is 0 Å². The van der Waals surface area contributed by atoms with Crippen LogP contribution in [0.15, 0.2) is 23.1 Å². The van der Waals surface area contributed by atoms with Gasteiger partial charge in [0.05, 0.1) is 12.1 Å². The lowest BCUT2D eigenvalue weighted by Crippen LogP contribution is -2.43. The molecule has 2 rings (SSSR count). The zero-order valence-corrected chi connectivity index (χ0v) is 11.7. The third-order valence-corrected chi connectivity index (χ3v) is 3.94. The molecule has 104 valence electrons. The molecule has 0 aliphatic carbocycles. The van der Waals surface area contributed by atoms with E-state index in [1.165, 1.54) is 23.9 Å². The van der Waals surface area contributed by atoms with E-state index < -0.39 is 0 Å². The molecule has 6 heteroatoms. The Kier molecular flexibility index (Phi) is 4.79. The lowest BCUT2D eigenvalue weighted by molar-refractivity contribution is 0.0779. The van der Waals surface area contributed by atoms with Crippen molar-refractivity contribution in [1.82, 2.24) is 10.6 Å². The first-order valence-corrected chi connectivity index (χ1v) is 7.26. The number of carbonyl (C=O) groups excluding carboxylic acids is 1. The van der Waals surface area contributed by atoms with Crippen LogP contribution in [0.5, 0.6) is 0 Å². The minimum absolute atomic E-state index is 0.0237. The summed E-state index contributed by atoms with van der Waals surface area (Å²) in [4.78, 5) is 12.6. The fourth-order valence-electron chi connectivity index (χ4n) is 2.10. The summed E-state index contributed by atoms with van der Waals surface area (Å²) < 4.78 is 18.7. The SMILES string of the molecule is CO[C@H]1CNC[C@@H]1NC(=O)c1ccc(F)c(SC)c1. The predicted octanol–water partition coefficient (Wildman–Crippen LogP) is 1.26. The monoisotopic (exact) mass is 284 g/mol. The Bertz CT molecular complexity index is 470. The molecule has 1 amide bonds. The first kappa shape index (κ1) is 14.3. The van der Waals surface area contributed by atoms with Gasteiger partial charge in [0.25, 0.3) is 5.91 Å². The van der Waals surface area contributed by atoms with Gasteiger partial charge < -0.3 is 15.4 Å². The van der Waals surface area contributed by atoms with Crippen molar-refractivity contribution >= 4 is 17.7 Å². The predicted molar refractivity (Wildman–Crippen MR) is 73.1 cm³/mol. The highest BCUT2D eigenvalue weighted by Gasteiger charge is 2.28. The van der Waals surface area contributed by atoms with Gasteiger partial charge in [-0.05, 0) is 24.5 Å². The topological polar surface area (TPSA) is 50.4 Å². The van der Waals surface area contributed by atoms with Crippen LogP contribution in [0.4, 0.5) is 4.39 Å². The molecule has 2 N–H and O–H groups in total. The number of hydrogen-bond acceptors (Lipinski definition) is 4. The van der Waals surface area contributed by atoms with Gasteiger partial charge in [-0.3, -0.25) is 4.79 Å². The third kappa shape index (κ3) is 3.26.